The summed E-state index contributed by atoms with van der Waals surface area (Å²) in [6, 6.07) is 14.9. The molecule has 2 unspecified atom stereocenters. The maximum Gasteiger partial charge on any atom is 0.321 e. The quantitative estimate of drug-likeness (QED) is 0.145. The molecule has 4 fully saturated rings. The van der Waals surface area contributed by atoms with Gasteiger partial charge in [0.05, 0.1) is 60.9 Å². The van der Waals surface area contributed by atoms with Gasteiger partial charge in [0, 0.05) is 30.3 Å². The first-order valence-corrected chi connectivity index (χ1v) is 30.9. The van der Waals surface area contributed by atoms with Crippen LogP contribution in [0.2, 0.25) is 0 Å². The zero-order valence-electron chi connectivity index (χ0n) is 52.4. The zero-order valence-corrected chi connectivity index (χ0v) is 52.4. The van der Waals surface area contributed by atoms with Gasteiger partial charge in [0.1, 0.15) is 48.5 Å². The molecule has 4 aromatic rings. The minimum absolute atomic E-state index is 0.0125. The molecule has 8 heterocycles. The average Bonchev–Trinajstić information content (AvgIpc) is 1.20. The number of aromatic nitrogens is 2. The molecular formula is C65H83FN10O14. The van der Waals surface area contributed by atoms with Crippen LogP contribution in [-0.2, 0) is 66.8 Å². The van der Waals surface area contributed by atoms with E-state index < -0.39 is 107 Å². The Morgan fingerprint density at radius 3 is 1.36 bits per heavy atom. The number of esters is 2. The van der Waals surface area contributed by atoms with Gasteiger partial charge in [-0.2, -0.15) is 0 Å². The Morgan fingerprint density at radius 2 is 0.956 bits per heavy atom. The fourth-order valence-electron chi connectivity index (χ4n) is 11.3. The minimum Gasteiger partial charge on any atom is -0.451 e. The third-order valence-electron chi connectivity index (χ3n) is 17.1. The molecule has 6 aliphatic rings. The summed E-state index contributed by atoms with van der Waals surface area (Å²) in [7, 11) is 0. The van der Waals surface area contributed by atoms with E-state index in [4.69, 9.17) is 38.4 Å². The molecule has 484 valence electrons. The minimum atomic E-state index is -1.50. The van der Waals surface area contributed by atoms with E-state index in [-0.39, 0.29) is 63.4 Å². The van der Waals surface area contributed by atoms with E-state index in [1.807, 2.05) is 74.5 Å². The highest BCUT2D eigenvalue weighted by Crippen LogP contribution is 2.37. The number of amides is 6. The second-order valence-electron chi connectivity index (χ2n) is 24.8. The predicted octanol–water partition coefficient (Wildman–Crippen LogP) is 5.11. The first-order valence-electron chi connectivity index (χ1n) is 30.9. The molecule has 6 N–H and O–H groups in total. The first kappa shape index (κ1) is 66.6. The largest absolute Gasteiger partial charge is 0.451 e. The third-order valence-corrected chi connectivity index (χ3v) is 17.1. The van der Waals surface area contributed by atoms with E-state index in [1.54, 1.807) is 65.8 Å². The Hall–Kier alpha value is -7.81. The number of rotatable bonds is 4. The van der Waals surface area contributed by atoms with Gasteiger partial charge < -0.3 is 49.7 Å². The van der Waals surface area contributed by atoms with Crippen LogP contribution in [-0.4, -0.2) is 163 Å². The van der Waals surface area contributed by atoms with Crippen molar-refractivity contribution in [1.82, 2.24) is 52.1 Å². The average molecular weight is 1250 g/mol. The number of ether oxygens (including phenoxy) is 6. The molecule has 0 radical (unpaired) electrons. The molecule has 10 rings (SSSR count). The molecule has 4 saturated heterocycles. The van der Waals surface area contributed by atoms with Crippen LogP contribution in [0.1, 0.15) is 129 Å². The summed E-state index contributed by atoms with van der Waals surface area (Å²) in [5.74, 6) is -6.39. The first-order chi connectivity index (χ1) is 42.9. The van der Waals surface area contributed by atoms with E-state index >= 15 is 0 Å². The number of pyridine rings is 2. The molecule has 25 heteroatoms. The number of hydrogen-bond donors (Lipinski definition) is 6. The fraction of sp³-hybridized carbons (Fsp3) is 0.538. The van der Waals surface area contributed by atoms with Crippen LogP contribution in [0, 0.1) is 22.7 Å². The molecule has 0 saturated carbocycles. The van der Waals surface area contributed by atoms with Crippen LogP contribution < -0.4 is 32.1 Å². The van der Waals surface area contributed by atoms with Crippen molar-refractivity contribution >= 4 is 81.3 Å². The summed E-state index contributed by atoms with van der Waals surface area (Å²) in [5, 5.41) is 15.9. The van der Waals surface area contributed by atoms with E-state index in [0.717, 1.165) is 21.9 Å². The number of cyclic esters (lactones) is 2. The summed E-state index contributed by atoms with van der Waals surface area (Å²) in [5.41, 5.74) is 7.46. The van der Waals surface area contributed by atoms with Crippen LogP contribution in [0.25, 0.3) is 34.0 Å². The summed E-state index contributed by atoms with van der Waals surface area (Å²) in [6.07, 6.45) is 6.85. The van der Waals surface area contributed by atoms with Gasteiger partial charge in [-0.3, -0.25) is 58.3 Å². The van der Waals surface area contributed by atoms with Crippen molar-refractivity contribution < 1.29 is 71.2 Å². The number of alkyl halides is 1. The number of hydrogen-bond acceptors (Lipinski definition) is 18. The van der Waals surface area contributed by atoms with Crippen molar-refractivity contribution in [3.63, 3.8) is 0 Å². The molecule has 90 heavy (non-hydrogen) atoms. The summed E-state index contributed by atoms with van der Waals surface area (Å²) >= 11 is 0. The molecule has 6 amide bonds. The number of benzene rings is 2. The number of hydrazine groups is 2. The normalized spacial score (nSPS) is 30.0. The number of carbonyl (C=O) groups excluding carboxylic acids is 8. The molecular weight excluding hydrogens is 1160 g/mol. The van der Waals surface area contributed by atoms with Gasteiger partial charge >= 0.3 is 11.9 Å². The highest BCUT2D eigenvalue weighted by Gasteiger charge is 2.50. The second kappa shape index (κ2) is 28.6. The maximum absolute atomic E-state index is 14.0. The Labute approximate surface area is 522 Å². The maximum atomic E-state index is 14.0. The Kier molecular flexibility index (Phi) is 21.1. The lowest BCUT2D eigenvalue weighted by molar-refractivity contribution is -0.301. The highest BCUT2D eigenvalue weighted by atomic mass is 19.1. The number of halogens is 1. The van der Waals surface area contributed by atoms with Crippen molar-refractivity contribution in [2.45, 2.75) is 149 Å². The molecule has 8 atom stereocenters. The van der Waals surface area contributed by atoms with Crippen molar-refractivity contribution in [2.24, 2.45) is 22.7 Å². The molecule has 2 aromatic heterocycles. The van der Waals surface area contributed by atoms with Crippen LogP contribution in [0.4, 0.5) is 4.39 Å². The van der Waals surface area contributed by atoms with E-state index in [0.29, 0.717) is 61.2 Å². The summed E-state index contributed by atoms with van der Waals surface area (Å²) < 4.78 is 48.4. The zero-order chi connectivity index (χ0) is 64.7. The third kappa shape index (κ3) is 15.1. The Morgan fingerprint density at radius 1 is 0.556 bits per heavy atom. The van der Waals surface area contributed by atoms with Gasteiger partial charge in [-0.25, -0.2) is 15.2 Å². The van der Waals surface area contributed by atoms with Crippen LogP contribution in [0.5, 0.6) is 0 Å². The van der Waals surface area contributed by atoms with Gasteiger partial charge in [0.15, 0.2) is 18.0 Å². The van der Waals surface area contributed by atoms with Crippen LogP contribution >= 0.6 is 0 Å². The number of nitrogens with one attached hydrogen (secondary N) is 6. The SMILES string of the molecule is CC1NC(=O)[C@@H]2CCCN(N2)C(=O)[C@H](C)NC(=O)[C@H](C(C)C)OC(=O)C2(/C=C/c3ccc4ccc1nc4c3)COCOC2.CCC1(CF)OCC2(/C=C/c3ccc4ccc(nc4c3)C(C)NC(=O)[C@@H]3CCCN(N3)C(=O)[C@H](C)NC(=O)[C@H](C(C)C)OC2=O)CO1. The summed E-state index contributed by atoms with van der Waals surface area (Å²) in [6.45, 7) is 14.9. The highest BCUT2D eigenvalue weighted by molar-refractivity contribution is 5.94. The Balaban J connectivity index is 0.000000214. The van der Waals surface area contributed by atoms with Gasteiger partial charge in [-0.05, 0) is 101 Å². The van der Waals surface area contributed by atoms with E-state index in [1.165, 1.54) is 16.9 Å². The lowest BCUT2D eigenvalue weighted by Gasteiger charge is -2.42. The Bertz CT molecular complexity index is 3400. The fourth-order valence-corrected chi connectivity index (χ4v) is 11.3. The van der Waals surface area contributed by atoms with Gasteiger partial charge in [0.25, 0.3) is 23.6 Å². The van der Waals surface area contributed by atoms with Crippen molar-refractivity contribution in [1.29, 1.82) is 0 Å². The molecule has 24 nitrogen and oxygen atoms in total. The van der Waals surface area contributed by atoms with E-state index in [2.05, 4.69) is 32.1 Å². The van der Waals surface area contributed by atoms with Gasteiger partial charge in [-0.15, -0.1) is 0 Å². The van der Waals surface area contributed by atoms with Gasteiger partial charge in [0.2, 0.25) is 11.8 Å². The monoisotopic (exact) mass is 1250 g/mol. The van der Waals surface area contributed by atoms with Crippen LogP contribution in [0.15, 0.2) is 72.8 Å². The number of fused-ring (bicyclic) bond motifs is 8. The van der Waals surface area contributed by atoms with Crippen molar-refractivity contribution in [3.05, 3.63) is 95.3 Å². The summed E-state index contributed by atoms with van der Waals surface area (Å²) in [4.78, 5) is 117. The molecule has 6 aliphatic heterocycles. The lowest BCUT2D eigenvalue weighted by Crippen LogP contribution is -2.61. The molecule has 0 aliphatic carbocycles. The van der Waals surface area contributed by atoms with Crippen molar-refractivity contribution in [3.8, 4) is 0 Å². The molecule has 2 aromatic carbocycles. The lowest BCUT2D eigenvalue weighted by atomic mass is 9.87. The van der Waals surface area contributed by atoms with Gasteiger partial charge in [-0.1, -0.05) is 95.3 Å². The molecule has 10 bridgehead atoms. The second-order valence-corrected chi connectivity index (χ2v) is 24.8. The predicted molar refractivity (Wildman–Crippen MR) is 328 cm³/mol. The van der Waals surface area contributed by atoms with Crippen LogP contribution in [0.3, 0.4) is 0 Å². The number of nitrogens with zero attached hydrogens (tertiary/aromatic N) is 4. The molecule has 2 spiro atoms. The smallest absolute Gasteiger partial charge is 0.321 e. The number of carbonyl (C=O) groups is 8. The van der Waals surface area contributed by atoms with Crippen molar-refractivity contribution in [2.75, 3.05) is 53.0 Å². The standard InChI is InChI=1S/C34H44FN5O7.C31H39N5O7/c1-6-34(17-35)45-18-33(19-46-34)14-13-23-9-10-24-11-12-25(38-27(24)16-23)21(4)36-29(41)26-8-7-15-40(39-26)31(43)22(5)37-30(42)28(20(2)3)47-32(33)44;1-18(2)26-28(38)33-20(4)29(39)36-13-5-6-24(35-36)27(37)32-19(3)23-10-9-22-8-7-21(14-25(22)34-23)11-12-31(30(40)43-26)15-41-17-42-16-31/h9-14,16,20-22,26,28,39H,6-8,15,17-19H2,1-5H3,(H,36,41)(H,37,42);7-12,14,18-20,24,26,35H,5-6,13,15-17H2,1-4H3,(H,32,37)(H,33,38)/b14-13+;12-11+/t21?,22-,26-,28-,33?,34?;19?,20-,24-,26-/m00/s1. The topological polar surface area (TPSA) is 296 Å². The van der Waals surface area contributed by atoms with E-state index in [9.17, 15) is 42.7 Å².